The van der Waals surface area contributed by atoms with Crippen LogP contribution in [0.2, 0.25) is 0 Å². The molecule has 0 radical (unpaired) electrons. The minimum absolute atomic E-state index is 0.0992. The molecule has 0 heterocycles. The maximum Gasteiger partial charge on any atom is 0.233 e. The van der Waals surface area contributed by atoms with Crippen LogP contribution in [0.1, 0.15) is 31.9 Å². The quantitative estimate of drug-likeness (QED) is 0.719. The number of hydrogen-bond acceptors (Lipinski definition) is 3. The van der Waals surface area contributed by atoms with Crippen molar-refractivity contribution in [1.82, 2.24) is 5.32 Å². The van der Waals surface area contributed by atoms with Gasteiger partial charge in [0.15, 0.2) is 0 Å². The Bertz CT molecular complexity index is 476. The van der Waals surface area contributed by atoms with E-state index < -0.39 is 10.0 Å². The molecule has 2 N–H and O–H groups in total. The van der Waals surface area contributed by atoms with Crippen molar-refractivity contribution in [2.75, 3.05) is 23.6 Å². The first-order valence-electron chi connectivity index (χ1n) is 6.86. The number of anilines is 1. The summed E-state index contributed by atoms with van der Waals surface area (Å²) in [4.78, 5) is 0. The molecule has 0 aliphatic rings. The maximum absolute atomic E-state index is 12.1. The number of aryl methyl sites for hydroxylation is 2. The van der Waals surface area contributed by atoms with Gasteiger partial charge < -0.3 is 5.32 Å². The molecule has 1 aromatic carbocycles. The van der Waals surface area contributed by atoms with Gasteiger partial charge >= 0.3 is 0 Å². The second kappa shape index (κ2) is 7.50. The molecule has 0 saturated heterocycles. The van der Waals surface area contributed by atoms with Crippen molar-refractivity contribution >= 4 is 15.7 Å². The van der Waals surface area contributed by atoms with Crippen molar-refractivity contribution < 1.29 is 8.42 Å². The van der Waals surface area contributed by atoms with E-state index in [4.69, 9.17) is 0 Å². The van der Waals surface area contributed by atoms with E-state index in [0.717, 1.165) is 36.2 Å². The molecule has 19 heavy (non-hydrogen) atoms. The Balaban J connectivity index is 2.91. The van der Waals surface area contributed by atoms with E-state index in [9.17, 15) is 8.42 Å². The summed E-state index contributed by atoms with van der Waals surface area (Å²) >= 11 is 0. The van der Waals surface area contributed by atoms with E-state index >= 15 is 0 Å². The van der Waals surface area contributed by atoms with E-state index in [1.807, 2.05) is 39.0 Å². The molecule has 0 spiro atoms. The van der Waals surface area contributed by atoms with Gasteiger partial charge in [0.25, 0.3) is 0 Å². The van der Waals surface area contributed by atoms with Crippen LogP contribution in [0.3, 0.4) is 0 Å². The van der Waals surface area contributed by atoms with Crippen molar-refractivity contribution in [2.45, 2.75) is 33.6 Å². The molecule has 0 aliphatic heterocycles. The topological polar surface area (TPSA) is 58.2 Å². The van der Waals surface area contributed by atoms with Crippen LogP contribution >= 0.6 is 0 Å². The summed E-state index contributed by atoms with van der Waals surface area (Å²) in [7, 11) is -3.28. The molecule has 0 saturated carbocycles. The fourth-order valence-corrected chi connectivity index (χ4v) is 3.05. The summed E-state index contributed by atoms with van der Waals surface area (Å²) < 4.78 is 26.9. The average molecular weight is 284 g/mol. The number of benzene rings is 1. The van der Waals surface area contributed by atoms with Gasteiger partial charge in [0.1, 0.15) is 0 Å². The molecule has 5 heteroatoms. The summed E-state index contributed by atoms with van der Waals surface area (Å²) in [5.74, 6) is 0.0992. The lowest BCUT2D eigenvalue weighted by Crippen LogP contribution is -2.27. The second-order valence-electron chi connectivity index (χ2n) is 4.43. The Morgan fingerprint density at radius 2 is 1.63 bits per heavy atom. The molecule has 0 amide bonds. The van der Waals surface area contributed by atoms with Crippen LogP contribution in [0.15, 0.2) is 18.2 Å². The molecule has 1 rings (SSSR count). The minimum Gasteiger partial charge on any atom is -0.316 e. The van der Waals surface area contributed by atoms with Crippen LogP contribution in [0.4, 0.5) is 5.69 Å². The lowest BCUT2D eigenvalue weighted by atomic mass is 10.0. The highest BCUT2D eigenvalue weighted by atomic mass is 32.2. The van der Waals surface area contributed by atoms with Crippen molar-refractivity contribution in [3.05, 3.63) is 29.3 Å². The van der Waals surface area contributed by atoms with Gasteiger partial charge in [0.2, 0.25) is 10.0 Å². The Labute approximate surface area is 116 Å². The van der Waals surface area contributed by atoms with Gasteiger partial charge in [-0.25, -0.2) is 8.42 Å². The third-order valence-corrected chi connectivity index (χ3v) is 4.31. The molecular formula is C14H24N2O2S. The van der Waals surface area contributed by atoms with Gasteiger partial charge in [-0.15, -0.1) is 0 Å². The van der Waals surface area contributed by atoms with Gasteiger partial charge in [0.05, 0.1) is 11.4 Å². The van der Waals surface area contributed by atoms with Crippen molar-refractivity contribution in [3.8, 4) is 0 Å². The van der Waals surface area contributed by atoms with E-state index in [0.29, 0.717) is 6.54 Å². The molecule has 0 unspecified atom stereocenters. The van der Waals surface area contributed by atoms with E-state index in [1.54, 1.807) is 0 Å². The van der Waals surface area contributed by atoms with Crippen molar-refractivity contribution in [1.29, 1.82) is 0 Å². The Kier molecular flexibility index (Phi) is 6.31. The molecular weight excluding hydrogens is 260 g/mol. The highest BCUT2D eigenvalue weighted by Crippen LogP contribution is 2.23. The van der Waals surface area contributed by atoms with Crippen LogP contribution in [-0.4, -0.2) is 27.3 Å². The van der Waals surface area contributed by atoms with Crippen LogP contribution in [0.25, 0.3) is 0 Å². The lowest BCUT2D eigenvalue weighted by molar-refractivity contribution is 0.597. The van der Waals surface area contributed by atoms with E-state index in [2.05, 4.69) is 10.0 Å². The third-order valence-electron chi connectivity index (χ3n) is 3.05. The zero-order chi connectivity index (χ0) is 14.3. The first-order chi connectivity index (χ1) is 9.04. The first kappa shape index (κ1) is 16.0. The van der Waals surface area contributed by atoms with E-state index in [1.165, 1.54) is 0 Å². The summed E-state index contributed by atoms with van der Waals surface area (Å²) in [6, 6.07) is 5.93. The zero-order valence-electron chi connectivity index (χ0n) is 12.0. The molecule has 0 fully saturated rings. The molecule has 1 aromatic rings. The predicted molar refractivity (Wildman–Crippen MR) is 81.2 cm³/mol. The molecule has 0 aromatic heterocycles. The Hall–Kier alpha value is -1.07. The second-order valence-corrected chi connectivity index (χ2v) is 6.27. The van der Waals surface area contributed by atoms with Crippen LogP contribution in [0, 0.1) is 0 Å². The number of hydrogen-bond donors (Lipinski definition) is 2. The van der Waals surface area contributed by atoms with Gasteiger partial charge in [-0.05, 0) is 30.5 Å². The fourth-order valence-electron chi connectivity index (χ4n) is 1.96. The maximum atomic E-state index is 12.1. The summed E-state index contributed by atoms with van der Waals surface area (Å²) in [6.45, 7) is 7.28. The SMILES string of the molecule is CCNCCS(=O)(=O)Nc1c(CC)cccc1CC. The number of nitrogens with one attached hydrogen (secondary N) is 2. The smallest absolute Gasteiger partial charge is 0.233 e. The summed E-state index contributed by atoms with van der Waals surface area (Å²) in [5, 5.41) is 3.03. The summed E-state index contributed by atoms with van der Waals surface area (Å²) in [6.07, 6.45) is 1.64. The fraction of sp³-hybridized carbons (Fsp3) is 0.571. The largest absolute Gasteiger partial charge is 0.316 e. The number of sulfonamides is 1. The monoisotopic (exact) mass is 284 g/mol. The molecule has 0 aliphatic carbocycles. The molecule has 0 bridgehead atoms. The van der Waals surface area contributed by atoms with Crippen molar-refractivity contribution in [3.63, 3.8) is 0 Å². The highest BCUT2D eigenvalue weighted by molar-refractivity contribution is 7.92. The third kappa shape index (κ3) is 4.84. The summed E-state index contributed by atoms with van der Waals surface area (Å²) in [5.41, 5.74) is 2.86. The molecule has 0 atom stereocenters. The van der Waals surface area contributed by atoms with Gasteiger partial charge in [-0.2, -0.15) is 0 Å². The zero-order valence-corrected chi connectivity index (χ0v) is 12.8. The Morgan fingerprint density at radius 3 is 2.11 bits per heavy atom. The van der Waals surface area contributed by atoms with E-state index in [-0.39, 0.29) is 5.75 Å². The number of para-hydroxylation sites is 1. The van der Waals surface area contributed by atoms with Gasteiger partial charge in [-0.1, -0.05) is 39.0 Å². The molecule has 108 valence electrons. The van der Waals surface area contributed by atoms with Gasteiger partial charge in [0, 0.05) is 6.54 Å². The minimum atomic E-state index is -3.28. The van der Waals surface area contributed by atoms with Crippen LogP contribution in [-0.2, 0) is 22.9 Å². The van der Waals surface area contributed by atoms with Crippen molar-refractivity contribution in [2.24, 2.45) is 0 Å². The lowest BCUT2D eigenvalue weighted by Gasteiger charge is -2.15. The standard InChI is InChI=1S/C14H24N2O2S/c1-4-12-8-7-9-13(5-2)14(12)16-19(17,18)11-10-15-6-3/h7-9,15-16H,4-6,10-11H2,1-3H3. The highest BCUT2D eigenvalue weighted by Gasteiger charge is 2.14. The van der Waals surface area contributed by atoms with Crippen LogP contribution in [0.5, 0.6) is 0 Å². The number of rotatable bonds is 8. The van der Waals surface area contributed by atoms with Gasteiger partial charge in [-0.3, -0.25) is 4.72 Å². The average Bonchev–Trinajstić information content (AvgIpc) is 2.38. The predicted octanol–water partition coefficient (Wildman–Crippen LogP) is 2.16. The normalized spacial score (nSPS) is 11.5. The Morgan fingerprint density at radius 1 is 1.05 bits per heavy atom. The molecule has 4 nitrogen and oxygen atoms in total. The first-order valence-corrected chi connectivity index (χ1v) is 8.51. The van der Waals surface area contributed by atoms with Crippen LogP contribution < -0.4 is 10.0 Å².